The third-order valence-electron chi connectivity index (χ3n) is 2.80. The van der Waals surface area contributed by atoms with Gasteiger partial charge in [0.15, 0.2) is 0 Å². The normalized spacial score (nSPS) is 12.3. The summed E-state index contributed by atoms with van der Waals surface area (Å²) < 4.78 is 2.28. The Hall–Kier alpha value is -0.670. The van der Waals surface area contributed by atoms with E-state index in [9.17, 15) is 0 Å². The second kappa shape index (κ2) is 4.54. The average Bonchev–Trinajstić information content (AvgIpc) is 2.65. The van der Waals surface area contributed by atoms with Crippen LogP contribution in [0.5, 0.6) is 0 Å². The zero-order chi connectivity index (χ0) is 12.6. The van der Waals surface area contributed by atoms with E-state index >= 15 is 0 Å². The van der Waals surface area contributed by atoms with Crippen molar-refractivity contribution in [3.05, 3.63) is 24.0 Å². The zero-order valence-electron chi connectivity index (χ0n) is 10.6. The number of fused-ring (bicyclic) bond motifs is 1. The van der Waals surface area contributed by atoms with Crippen LogP contribution in [0, 0.1) is 0 Å². The Morgan fingerprint density at radius 2 is 2.06 bits per heavy atom. The van der Waals surface area contributed by atoms with Crippen LogP contribution in [-0.4, -0.2) is 9.55 Å². The summed E-state index contributed by atoms with van der Waals surface area (Å²) in [7, 11) is 7.02. The maximum absolute atomic E-state index is 5.78. The first-order chi connectivity index (χ1) is 7.97. The fraction of sp³-hybridized carbons (Fsp3) is 0.462. The Morgan fingerprint density at radius 3 is 2.59 bits per heavy atom. The molecule has 0 saturated heterocycles. The lowest BCUT2D eigenvalue weighted by atomic mass is 9.96. The second-order valence-corrected chi connectivity index (χ2v) is 6.25. The van der Waals surface area contributed by atoms with Gasteiger partial charge < -0.3 is 4.57 Å². The van der Waals surface area contributed by atoms with E-state index in [2.05, 4.69) is 44.4 Å². The lowest BCUT2D eigenvalue weighted by Gasteiger charge is -2.19. The van der Waals surface area contributed by atoms with Crippen LogP contribution in [-0.2, 0) is 12.0 Å². The Kier molecular flexibility index (Phi) is 3.41. The Balaban J connectivity index is 2.70. The number of hydrogen-bond donors (Lipinski definition) is 0. The minimum absolute atomic E-state index is 0.0588. The summed E-state index contributed by atoms with van der Waals surface area (Å²) in [6.07, 6.45) is 0. The molecule has 0 bridgehead atoms. The summed E-state index contributed by atoms with van der Waals surface area (Å²) >= 11 is 0. The molecular weight excluding hydrogens is 252 g/mol. The van der Waals surface area contributed by atoms with Crippen molar-refractivity contribution in [1.82, 2.24) is 9.55 Å². The van der Waals surface area contributed by atoms with Gasteiger partial charge in [-0.1, -0.05) is 20.8 Å². The maximum atomic E-state index is 5.78. The van der Waals surface area contributed by atoms with Crippen molar-refractivity contribution in [2.75, 3.05) is 0 Å². The smallest absolute Gasteiger partial charge is 0.115 e. The van der Waals surface area contributed by atoms with Crippen molar-refractivity contribution in [3.8, 4) is 0 Å². The highest BCUT2D eigenvalue weighted by Gasteiger charge is 2.22. The molecule has 2 nitrogen and oxygen atoms in total. The summed E-state index contributed by atoms with van der Waals surface area (Å²) in [5.74, 6) is 1.13. The number of aryl methyl sites for hydroxylation is 1. The predicted octanol–water partition coefficient (Wildman–Crippen LogP) is 4.60. The molecule has 1 heterocycles. The summed E-state index contributed by atoms with van der Waals surface area (Å²) in [4.78, 5) is 5.80. The minimum Gasteiger partial charge on any atom is -0.328 e. The third kappa shape index (κ3) is 2.31. The van der Waals surface area contributed by atoms with Gasteiger partial charge in [-0.25, -0.2) is 4.98 Å². The van der Waals surface area contributed by atoms with Gasteiger partial charge in [0.1, 0.15) is 5.82 Å². The van der Waals surface area contributed by atoms with E-state index < -0.39 is 0 Å². The number of benzene rings is 1. The fourth-order valence-electron chi connectivity index (χ4n) is 2.05. The highest BCUT2D eigenvalue weighted by atomic mass is 35.7. The van der Waals surface area contributed by atoms with Crippen molar-refractivity contribution in [2.24, 2.45) is 0 Å². The van der Waals surface area contributed by atoms with Gasteiger partial charge in [-0.3, -0.25) is 0 Å². The summed E-state index contributed by atoms with van der Waals surface area (Å²) in [6.45, 7) is 9.67. The first-order valence-corrected chi connectivity index (χ1v) is 7.41. The Labute approximate surface area is 111 Å². The average molecular weight is 269 g/mol. The van der Waals surface area contributed by atoms with Crippen LogP contribution >= 0.6 is 21.7 Å². The molecule has 0 aliphatic rings. The van der Waals surface area contributed by atoms with E-state index in [1.54, 1.807) is 0 Å². The molecule has 0 radical (unpaired) electrons. The van der Waals surface area contributed by atoms with Gasteiger partial charge in [-0.2, -0.15) is 0 Å². The van der Waals surface area contributed by atoms with Crippen LogP contribution in [0.3, 0.4) is 0 Å². The SMILES string of the molecule is CCn1c(C(C)(C)C)nc2cc(SCl)ccc21. The van der Waals surface area contributed by atoms with Gasteiger partial charge in [0, 0.05) is 16.9 Å². The Morgan fingerprint density at radius 1 is 1.35 bits per heavy atom. The minimum atomic E-state index is 0.0588. The van der Waals surface area contributed by atoms with Crippen LogP contribution in [0.25, 0.3) is 11.0 Å². The van der Waals surface area contributed by atoms with Crippen LogP contribution in [0.15, 0.2) is 23.1 Å². The molecule has 0 aliphatic heterocycles. The number of halogens is 1. The molecule has 2 rings (SSSR count). The topological polar surface area (TPSA) is 17.8 Å². The molecule has 0 saturated carbocycles. The van der Waals surface area contributed by atoms with Gasteiger partial charge in [-0.15, -0.1) is 0 Å². The Bertz CT molecular complexity index is 540. The van der Waals surface area contributed by atoms with Crippen molar-refractivity contribution in [3.63, 3.8) is 0 Å². The summed E-state index contributed by atoms with van der Waals surface area (Å²) in [5.41, 5.74) is 2.28. The number of rotatable bonds is 2. The van der Waals surface area contributed by atoms with E-state index in [-0.39, 0.29) is 5.41 Å². The number of nitrogens with zero attached hydrogens (tertiary/aromatic N) is 2. The van der Waals surface area contributed by atoms with Gasteiger partial charge >= 0.3 is 0 Å². The second-order valence-electron chi connectivity index (χ2n) is 5.16. The fourth-order valence-corrected chi connectivity index (χ4v) is 2.61. The molecular formula is C13H17ClN2S. The van der Waals surface area contributed by atoms with Crippen LogP contribution < -0.4 is 0 Å². The molecule has 0 fully saturated rings. The summed E-state index contributed by atoms with van der Waals surface area (Å²) in [6, 6.07) is 6.19. The molecule has 0 amide bonds. The van der Waals surface area contributed by atoms with E-state index in [4.69, 9.17) is 15.7 Å². The largest absolute Gasteiger partial charge is 0.328 e. The van der Waals surface area contributed by atoms with Gasteiger partial charge in [-0.05, 0) is 46.8 Å². The first-order valence-electron chi connectivity index (χ1n) is 5.76. The monoisotopic (exact) mass is 268 g/mol. The molecule has 0 aliphatic carbocycles. The number of hydrogen-bond acceptors (Lipinski definition) is 2. The lowest BCUT2D eigenvalue weighted by Crippen LogP contribution is -2.18. The lowest BCUT2D eigenvalue weighted by molar-refractivity contribution is 0.512. The molecule has 4 heteroatoms. The molecule has 92 valence electrons. The van der Waals surface area contributed by atoms with Crippen molar-refractivity contribution in [2.45, 2.75) is 44.6 Å². The van der Waals surface area contributed by atoms with Crippen LogP contribution in [0.4, 0.5) is 0 Å². The highest BCUT2D eigenvalue weighted by Crippen LogP contribution is 2.30. The highest BCUT2D eigenvalue weighted by molar-refractivity contribution is 8.21. The molecule has 17 heavy (non-hydrogen) atoms. The van der Waals surface area contributed by atoms with Gasteiger partial charge in [0.2, 0.25) is 0 Å². The van der Waals surface area contributed by atoms with Crippen molar-refractivity contribution in [1.29, 1.82) is 0 Å². The van der Waals surface area contributed by atoms with Crippen molar-refractivity contribution >= 4 is 32.7 Å². The molecule has 1 aromatic heterocycles. The number of imidazole rings is 1. The van der Waals surface area contributed by atoms with Gasteiger partial charge in [0.25, 0.3) is 0 Å². The van der Waals surface area contributed by atoms with Crippen LogP contribution in [0.2, 0.25) is 0 Å². The quantitative estimate of drug-likeness (QED) is 0.792. The molecule has 0 atom stereocenters. The first kappa shape index (κ1) is 12.8. The zero-order valence-corrected chi connectivity index (χ0v) is 12.2. The van der Waals surface area contributed by atoms with Crippen LogP contribution in [0.1, 0.15) is 33.5 Å². The molecule has 0 spiro atoms. The van der Waals surface area contributed by atoms with E-state index in [1.807, 2.05) is 6.07 Å². The van der Waals surface area contributed by atoms with Gasteiger partial charge in [0.05, 0.1) is 11.0 Å². The molecule has 0 unspecified atom stereocenters. The maximum Gasteiger partial charge on any atom is 0.115 e. The number of aromatic nitrogens is 2. The third-order valence-corrected chi connectivity index (χ3v) is 3.76. The van der Waals surface area contributed by atoms with E-state index in [0.29, 0.717) is 0 Å². The standard InChI is InChI=1S/C13H17ClN2S/c1-5-16-11-7-6-9(17-14)8-10(11)15-12(16)13(2,3)4/h6-8H,5H2,1-4H3. The van der Waals surface area contributed by atoms with E-state index in [1.165, 1.54) is 16.5 Å². The van der Waals surface area contributed by atoms with E-state index in [0.717, 1.165) is 22.8 Å². The van der Waals surface area contributed by atoms with Crippen molar-refractivity contribution < 1.29 is 0 Å². The summed E-state index contributed by atoms with van der Waals surface area (Å²) in [5, 5.41) is 0. The molecule has 2 aromatic rings. The molecule has 1 aromatic carbocycles. The predicted molar refractivity (Wildman–Crippen MR) is 75.8 cm³/mol. The molecule has 0 N–H and O–H groups in total.